The molecule has 2 heterocycles. The molecule has 0 atom stereocenters. The highest BCUT2D eigenvalue weighted by atomic mass is 16.2. The fraction of sp³-hybridized carbons (Fsp3) is 0.304. The second-order valence-corrected chi connectivity index (χ2v) is 7.48. The zero-order chi connectivity index (χ0) is 19.7. The van der Waals surface area contributed by atoms with E-state index in [2.05, 4.69) is 48.1 Å². The number of aryl methyl sites for hydroxylation is 3. The molecule has 0 radical (unpaired) electrons. The van der Waals surface area contributed by atoms with Gasteiger partial charge in [-0.05, 0) is 50.6 Å². The SMILES string of the molecule is Cc1ccc(-n2nc(C)cc2C(=O)N2CCN(c3ccccc3C)CC2)cc1. The number of hydrogen-bond acceptors (Lipinski definition) is 3. The van der Waals surface area contributed by atoms with Gasteiger partial charge in [0.15, 0.2) is 0 Å². The van der Waals surface area contributed by atoms with Gasteiger partial charge in [-0.3, -0.25) is 4.79 Å². The summed E-state index contributed by atoms with van der Waals surface area (Å²) in [7, 11) is 0. The molecule has 3 aromatic rings. The van der Waals surface area contributed by atoms with E-state index in [4.69, 9.17) is 0 Å². The van der Waals surface area contributed by atoms with E-state index in [1.165, 1.54) is 16.8 Å². The minimum Gasteiger partial charge on any atom is -0.368 e. The average Bonchev–Trinajstić information content (AvgIpc) is 3.10. The molecule has 0 spiro atoms. The summed E-state index contributed by atoms with van der Waals surface area (Å²) < 4.78 is 1.77. The molecule has 1 fully saturated rings. The molecule has 0 saturated carbocycles. The lowest BCUT2D eigenvalue weighted by atomic mass is 10.1. The van der Waals surface area contributed by atoms with Crippen molar-refractivity contribution in [2.75, 3.05) is 31.1 Å². The highest BCUT2D eigenvalue weighted by Crippen LogP contribution is 2.22. The molecule has 1 aromatic heterocycles. The van der Waals surface area contributed by atoms with E-state index in [0.29, 0.717) is 18.8 Å². The van der Waals surface area contributed by atoms with Crippen LogP contribution in [0.4, 0.5) is 5.69 Å². The highest BCUT2D eigenvalue weighted by molar-refractivity contribution is 5.93. The van der Waals surface area contributed by atoms with Crippen LogP contribution in [0.3, 0.4) is 0 Å². The smallest absolute Gasteiger partial charge is 0.272 e. The van der Waals surface area contributed by atoms with Gasteiger partial charge in [0.1, 0.15) is 5.69 Å². The van der Waals surface area contributed by atoms with Gasteiger partial charge in [-0.2, -0.15) is 5.10 Å². The minimum absolute atomic E-state index is 0.0469. The highest BCUT2D eigenvalue weighted by Gasteiger charge is 2.26. The first-order valence-electron chi connectivity index (χ1n) is 9.76. The fourth-order valence-corrected chi connectivity index (χ4v) is 3.77. The van der Waals surface area contributed by atoms with Crippen LogP contribution in [0.2, 0.25) is 0 Å². The number of hydrogen-bond donors (Lipinski definition) is 0. The lowest BCUT2D eigenvalue weighted by Gasteiger charge is -2.36. The Bertz CT molecular complexity index is 982. The number of piperazine rings is 1. The normalized spacial score (nSPS) is 14.4. The number of carbonyl (C=O) groups excluding carboxylic acids is 1. The predicted molar refractivity (Wildman–Crippen MR) is 112 cm³/mol. The number of para-hydroxylation sites is 1. The first kappa shape index (κ1) is 18.3. The van der Waals surface area contributed by atoms with Crippen molar-refractivity contribution in [3.63, 3.8) is 0 Å². The maximum atomic E-state index is 13.2. The molecule has 2 aromatic carbocycles. The fourth-order valence-electron chi connectivity index (χ4n) is 3.77. The molecule has 0 aliphatic carbocycles. The lowest BCUT2D eigenvalue weighted by molar-refractivity contribution is 0.0737. The molecule has 5 nitrogen and oxygen atoms in total. The zero-order valence-corrected chi connectivity index (χ0v) is 16.7. The van der Waals surface area contributed by atoms with E-state index in [0.717, 1.165) is 24.5 Å². The van der Waals surface area contributed by atoms with E-state index >= 15 is 0 Å². The number of anilines is 1. The molecule has 1 aliphatic rings. The van der Waals surface area contributed by atoms with E-state index < -0.39 is 0 Å². The van der Waals surface area contributed by atoms with Gasteiger partial charge in [-0.1, -0.05) is 35.9 Å². The van der Waals surface area contributed by atoms with Crippen molar-refractivity contribution in [2.45, 2.75) is 20.8 Å². The number of benzene rings is 2. The van der Waals surface area contributed by atoms with Gasteiger partial charge < -0.3 is 9.80 Å². The van der Waals surface area contributed by atoms with Crippen molar-refractivity contribution >= 4 is 11.6 Å². The predicted octanol–water partition coefficient (Wildman–Crippen LogP) is 3.76. The third-order valence-corrected chi connectivity index (χ3v) is 5.35. The second-order valence-electron chi connectivity index (χ2n) is 7.48. The molecule has 0 unspecified atom stereocenters. The standard InChI is InChI=1S/C23H26N4O/c1-17-8-10-20(11-9-17)27-22(16-19(3)24-27)23(28)26-14-12-25(13-15-26)21-7-5-4-6-18(21)2/h4-11,16H,12-15H2,1-3H3. The van der Waals surface area contributed by atoms with E-state index in [1.54, 1.807) is 4.68 Å². The maximum Gasteiger partial charge on any atom is 0.272 e. The molecule has 4 rings (SSSR count). The summed E-state index contributed by atoms with van der Waals surface area (Å²) in [6, 6.07) is 18.4. The summed E-state index contributed by atoms with van der Waals surface area (Å²) in [6.45, 7) is 9.23. The van der Waals surface area contributed by atoms with Crippen molar-refractivity contribution in [2.24, 2.45) is 0 Å². The van der Waals surface area contributed by atoms with Crippen LogP contribution in [0.5, 0.6) is 0 Å². The molecule has 1 amide bonds. The first-order valence-corrected chi connectivity index (χ1v) is 9.76. The van der Waals surface area contributed by atoms with Crippen LogP contribution in [0.25, 0.3) is 5.69 Å². The van der Waals surface area contributed by atoms with Crippen LogP contribution in [-0.2, 0) is 0 Å². The molecule has 144 valence electrons. The first-order chi connectivity index (χ1) is 13.5. The quantitative estimate of drug-likeness (QED) is 0.701. The van der Waals surface area contributed by atoms with Crippen LogP contribution in [-0.4, -0.2) is 46.8 Å². The Labute approximate surface area is 166 Å². The maximum absolute atomic E-state index is 13.2. The minimum atomic E-state index is 0.0469. The van der Waals surface area contributed by atoms with Crippen LogP contribution in [0.1, 0.15) is 27.3 Å². The topological polar surface area (TPSA) is 41.4 Å². The van der Waals surface area contributed by atoms with Crippen LogP contribution >= 0.6 is 0 Å². The Morgan fingerprint density at radius 2 is 1.57 bits per heavy atom. The van der Waals surface area contributed by atoms with Crippen LogP contribution in [0.15, 0.2) is 54.6 Å². The monoisotopic (exact) mass is 374 g/mol. The number of nitrogens with zero attached hydrogens (tertiary/aromatic N) is 4. The summed E-state index contributed by atoms with van der Waals surface area (Å²) >= 11 is 0. The van der Waals surface area contributed by atoms with Crippen LogP contribution in [0, 0.1) is 20.8 Å². The molecule has 5 heteroatoms. The van der Waals surface area contributed by atoms with Crippen molar-refractivity contribution in [3.8, 4) is 5.69 Å². The molecule has 1 saturated heterocycles. The van der Waals surface area contributed by atoms with E-state index in [-0.39, 0.29) is 5.91 Å². The second kappa shape index (κ2) is 7.50. The van der Waals surface area contributed by atoms with Gasteiger partial charge in [-0.15, -0.1) is 0 Å². The summed E-state index contributed by atoms with van der Waals surface area (Å²) in [4.78, 5) is 17.5. The number of rotatable bonds is 3. The molecule has 0 N–H and O–H groups in total. The Morgan fingerprint density at radius 1 is 0.893 bits per heavy atom. The Morgan fingerprint density at radius 3 is 2.25 bits per heavy atom. The Balaban J connectivity index is 1.52. The molecule has 28 heavy (non-hydrogen) atoms. The van der Waals surface area contributed by atoms with Crippen molar-refractivity contribution in [1.82, 2.24) is 14.7 Å². The van der Waals surface area contributed by atoms with Gasteiger partial charge in [0.2, 0.25) is 0 Å². The summed E-state index contributed by atoms with van der Waals surface area (Å²) in [5, 5.41) is 4.56. The molecule has 0 bridgehead atoms. The van der Waals surface area contributed by atoms with Gasteiger partial charge >= 0.3 is 0 Å². The summed E-state index contributed by atoms with van der Waals surface area (Å²) in [5.74, 6) is 0.0469. The van der Waals surface area contributed by atoms with E-state index in [9.17, 15) is 4.79 Å². The third-order valence-electron chi connectivity index (χ3n) is 5.35. The number of amides is 1. The number of aromatic nitrogens is 2. The lowest BCUT2D eigenvalue weighted by Crippen LogP contribution is -2.49. The van der Waals surface area contributed by atoms with Gasteiger partial charge in [0.25, 0.3) is 5.91 Å². The van der Waals surface area contributed by atoms with Gasteiger partial charge in [-0.25, -0.2) is 4.68 Å². The average molecular weight is 374 g/mol. The van der Waals surface area contributed by atoms with Gasteiger partial charge in [0, 0.05) is 31.9 Å². The summed E-state index contributed by atoms with van der Waals surface area (Å²) in [6.07, 6.45) is 0. The van der Waals surface area contributed by atoms with Crippen molar-refractivity contribution < 1.29 is 4.79 Å². The largest absolute Gasteiger partial charge is 0.368 e. The van der Waals surface area contributed by atoms with Crippen LogP contribution < -0.4 is 4.90 Å². The number of carbonyl (C=O) groups is 1. The zero-order valence-electron chi connectivity index (χ0n) is 16.7. The Hall–Kier alpha value is -3.08. The van der Waals surface area contributed by atoms with Gasteiger partial charge in [0.05, 0.1) is 11.4 Å². The summed E-state index contributed by atoms with van der Waals surface area (Å²) in [5.41, 5.74) is 6.12. The van der Waals surface area contributed by atoms with Crippen molar-refractivity contribution in [3.05, 3.63) is 77.1 Å². The third kappa shape index (κ3) is 3.52. The van der Waals surface area contributed by atoms with E-state index in [1.807, 2.05) is 42.2 Å². The molecular formula is C23H26N4O. The molecule has 1 aliphatic heterocycles. The van der Waals surface area contributed by atoms with Crippen molar-refractivity contribution in [1.29, 1.82) is 0 Å². The Kier molecular flexibility index (Phi) is 4.90. The molecular weight excluding hydrogens is 348 g/mol.